The molecular weight excluding hydrogens is 228 g/mol. The molecule has 0 saturated carbocycles. The molecule has 0 aromatic heterocycles. The summed E-state index contributed by atoms with van der Waals surface area (Å²) in [4.78, 5) is 10.5. The molecule has 0 saturated heterocycles. The first kappa shape index (κ1) is 11.8. The average Bonchev–Trinajstić information content (AvgIpc) is 1.96. The number of hydrogen-bond donors (Lipinski definition) is 3. The Kier molecular flexibility index (Phi) is 6.27. The summed E-state index contributed by atoms with van der Waals surface area (Å²) in [5.74, 6) is -1.05. The van der Waals surface area contributed by atoms with Crippen molar-refractivity contribution in [3.05, 3.63) is 0 Å². The number of hydroxylamine groups is 1. The maximum atomic E-state index is 10.5. The van der Waals surface area contributed by atoms with Crippen LogP contribution in [0.4, 0.5) is 0 Å². The Balaban J connectivity index is 3.72. The van der Waals surface area contributed by atoms with Crippen molar-refractivity contribution in [1.82, 2.24) is 4.09 Å². The van der Waals surface area contributed by atoms with E-state index in [0.29, 0.717) is 23.5 Å². The van der Waals surface area contributed by atoms with E-state index < -0.39 is 12.0 Å². The molecule has 0 aliphatic rings. The van der Waals surface area contributed by atoms with Crippen LogP contribution in [0.1, 0.15) is 19.3 Å². The number of aliphatic carboxylic acids is 1. The zero-order valence-electron chi connectivity index (χ0n) is 6.61. The third-order valence-corrected chi connectivity index (χ3v) is 1.97. The van der Waals surface area contributed by atoms with Crippen molar-refractivity contribution < 1.29 is 15.1 Å². The molecule has 1 unspecified atom stereocenters. The predicted molar refractivity (Wildman–Crippen MR) is 46.9 cm³/mol. The second-order valence-corrected chi connectivity index (χ2v) is 3.15. The van der Waals surface area contributed by atoms with Gasteiger partial charge in [0.25, 0.3) is 0 Å². The van der Waals surface area contributed by atoms with E-state index in [-0.39, 0.29) is 0 Å². The van der Waals surface area contributed by atoms with Gasteiger partial charge in [-0.05, 0) is 25.8 Å². The molecule has 0 radical (unpaired) electrons. The molecule has 0 heterocycles. The average molecular weight is 241 g/mol. The molecule has 1 atom stereocenters. The van der Waals surface area contributed by atoms with Crippen molar-refractivity contribution >= 4 is 22.1 Å². The Morgan fingerprint density at radius 1 is 1.58 bits per heavy atom. The Bertz CT molecular complexity index is 143. The van der Waals surface area contributed by atoms with Gasteiger partial charge in [0.15, 0.2) is 0 Å². The molecule has 72 valence electrons. The highest BCUT2D eigenvalue weighted by atomic mass is 79.9. The minimum atomic E-state index is -1.05. The largest absolute Gasteiger partial charge is 0.480 e. The van der Waals surface area contributed by atoms with Crippen LogP contribution in [-0.4, -0.2) is 33.0 Å². The molecule has 0 fully saturated rings. The number of halogens is 1. The molecule has 4 N–H and O–H groups in total. The minimum Gasteiger partial charge on any atom is -0.480 e. The Morgan fingerprint density at radius 2 is 2.17 bits per heavy atom. The molecule has 0 spiro atoms. The maximum absolute atomic E-state index is 10.5. The quantitative estimate of drug-likeness (QED) is 0.359. The van der Waals surface area contributed by atoms with E-state index in [9.17, 15) is 4.79 Å². The molecule has 0 aliphatic carbocycles. The van der Waals surface area contributed by atoms with Gasteiger partial charge < -0.3 is 16.0 Å². The lowest BCUT2D eigenvalue weighted by Crippen LogP contribution is -2.32. The summed E-state index contributed by atoms with van der Waals surface area (Å²) in [5, 5.41) is 17.4. The zero-order valence-corrected chi connectivity index (χ0v) is 8.20. The molecule has 5 nitrogen and oxygen atoms in total. The van der Waals surface area contributed by atoms with Gasteiger partial charge in [0.1, 0.15) is 6.04 Å². The first-order valence-corrected chi connectivity index (χ1v) is 4.37. The van der Waals surface area contributed by atoms with Crippen molar-refractivity contribution in [2.24, 2.45) is 5.73 Å². The SMILES string of the molecule is NCCCCC(C(=O)O)N(O)Br. The smallest absolute Gasteiger partial charge is 0.324 e. The highest BCUT2D eigenvalue weighted by molar-refractivity contribution is 9.07. The topological polar surface area (TPSA) is 86.8 Å². The first-order chi connectivity index (χ1) is 5.59. The fraction of sp³-hybridized carbons (Fsp3) is 0.833. The van der Waals surface area contributed by atoms with Crippen LogP contribution in [0.3, 0.4) is 0 Å². The van der Waals surface area contributed by atoms with Gasteiger partial charge in [0, 0.05) is 16.1 Å². The molecular formula is C6H13BrN2O3. The summed E-state index contributed by atoms with van der Waals surface area (Å²) >= 11 is 2.67. The van der Waals surface area contributed by atoms with Gasteiger partial charge in [0.2, 0.25) is 0 Å². The monoisotopic (exact) mass is 240 g/mol. The van der Waals surface area contributed by atoms with Crippen LogP contribution < -0.4 is 5.73 Å². The van der Waals surface area contributed by atoms with Crippen LogP contribution >= 0.6 is 16.1 Å². The second kappa shape index (κ2) is 6.36. The summed E-state index contributed by atoms with van der Waals surface area (Å²) in [5.41, 5.74) is 5.23. The fourth-order valence-corrected chi connectivity index (χ4v) is 1.18. The number of hydrogen-bond acceptors (Lipinski definition) is 4. The number of carboxylic acid groups (broad SMARTS) is 1. The Hall–Kier alpha value is -0.170. The van der Waals surface area contributed by atoms with E-state index in [4.69, 9.17) is 16.0 Å². The van der Waals surface area contributed by atoms with Crippen LogP contribution in [0.2, 0.25) is 0 Å². The number of carboxylic acids is 1. The molecule has 0 rings (SSSR count). The molecule has 0 aromatic rings. The van der Waals surface area contributed by atoms with E-state index in [1.165, 1.54) is 0 Å². The lowest BCUT2D eigenvalue weighted by molar-refractivity contribution is -0.149. The van der Waals surface area contributed by atoms with E-state index in [0.717, 1.165) is 6.42 Å². The van der Waals surface area contributed by atoms with Gasteiger partial charge in [-0.25, -0.2) is 0 Å². The summed E-state index contributed by atoms with van der Waals surface area (Å²) < 4.78 is 0.534. The van der Waals surface area contributed by atoms with Gasteiger partial charge in [-0.2, -0.15) is 0 Å². The second-order valence-electron chi connectivity index (χ2n) is 2.43. The number of carbonyl (C=O) groups is 1. The summed E-state index contributed by atoms with van der Waals surface area (Å²) in [7, 11) is 0. The predicted octanol–water partition coefficient (Wildman–Crippen LogP) is 0.570. The van der Waals surface area contributed by atoms with Gasteiger partial charge in [0.05, 0.1) is 0 Å². The number of nitrogens with zero attached hydrogens (tertiary/aromatic N) is 1. The number of unbranched alkanes of at least 4 members (excludes halogenated alkanes) is 1. The van der Waals surface area contributed by atoms with Crippen molar-refractivity contribution in [2.75, 3.05) is 6.54 Å². The van der Waals surface area contributed by atoms with Crippen LogP contribution in [-0.2, 0) is 4.79 Å². The molecule has 0 aliphatic heterocycles. The van der Waals surface area contributed by atoms with E-state index in [1.54, 1.807) is 0 Å². The van der Waals surface area contributed by atoms with Crippen LogP contribution in [0.25, 0.3) is 0 Å². The lowest BCUT2D eigenvalue weighted by atomic mass is 10.1. The molecule has 0 amide bonds. The molecule has 12 heavy (non-hydrogen) atoms. The lowest BCUT2D eigenvalue weighted by Gasteiger charge is -2.15. The Morgan fingerprint density at radius 3 is 2.50 bits per heavy atom. The number of rotatable bonds is 6. The van der Waals surface area contributed by atoms with Crippen molar-refractivity contribution in [2.45, 2.75) is 25.3 Å². The minimum absolute atomic E-state index is 0.383. The van der Waals surface area contributed by atoms with E-state index in [1.807, 2.05) is 0 Å². The normalized spacial score (nSPS) is 13.3. The first-order valence-electron chi connectivity index (χ1n) is 3.66. The Labute approximate surface area is 79.4 Å². The molecule has 0 bridgehead atoms. The van der Waals surface area contributed by atoms with Gasteiger partial charge in [-0.1, -0.05) is 0 Å². The van der Waals surface area contributed by atoms with E-state index in [2.05, 4.69) is 16.1 Å². The number of nitrogens with two attached hydrogens (primary N) is 1. The van der Waals surface area contributed by atoms with Crippen LogP contribution in [0.15, 0.2) is 0 Å². The van der Waals surface area contributed by atoms with Gasteiger partial charge in [-0.15, -0.1) is 4.09 Å². The van der Waals surface area contributed by atoms with Crippen molar-refractivity contribution in [3.63, 3.8) is 0 Å². The molecule has 0 aromatic carbocycles. The van der Waals surface area contributed by atoms with Gasteiger partial charge >= 0.3 is 5.97 Å². The standard InChI is InChI=1S/C6H13BrN2O3/c7-9(12)5(6(10)11)3-1-2-4-8/h5,12H,1-4,8H2,(H,10,11). The van der Waals surface area contributed by atoms with Crippen molar-refractivity contribution in [1.29, 1.82) is 0 Å². The summed E-state index contributed by atoms with van der Waals surface area (Å²) in [6.45, 7) is 0.542. The van der Waals surface area contributed by atoms with Crippen LogP contribution in [0.5, 0.6) is 0 Å². The van der Waals surface area contributed by atoms with Crippen LogP contribution in [0, 0.1) is 0 Å². The summed E-state index contributed by atoms with van der Waals surface area (Å²) in [6.07, 6.45) is 1.84. The third-order valence-electron chi connectivity index (χ3n) is 1.47. The fourth-order valence-electron chi connectivity index (χ4n) is 0.803. The van der Waals surface area contributed by atoms with Gasteiger partial charge in [-0.3, -0.25) is 4.79 Å². The van der Waals surface area contributed by atoms with E-state index >= 15 is 0 Å². The highest BCUT2D eigenvalue weighted by Gasteiger charge is 2.21. The third kappa shape index (κ3) is 4.66. The summed E-state index contributed by atoms with van der Waals surface area (Å²) in [6, 6.07) is -0.892. The highest BCUT2D eigenvalue weighted by Crippen LogP contribution is 2.10. The maximum Gasteiger partial charge on any atom is 0.324 e. The van der Waals surface area contributed by atoms with Crippen molar-refractivity contribution in [3.8, 4) is 0 Å². The zero-order chi connectivity index (χ0) is 9.56. The molecule has 6 heteroatoms.